The molecule has 2 bridgehead atoms. The SMILES string of the molecule is CC(=O)O[C@@H]1CC2CC1[C@H]1C=CC[C@@H]21. The second-order valence-electron chi connectivity index (χ2n) is 4.95. The predicted octanol–water partition coefficient (Wildman–Crippen LogP) is 2.15. The number of rotatable bonds is 1. The summed E-state index contributed by atoms with van der Waals surface area (Å²) in [6.45, 7) is 1.52. The highest BCUT2D eigenvalue weighted by Gasteiger charge is 2.53. The maximum atomic E-state index is 10.9. The van der Waals surface area contributed by atoms with Crippen LogP contribution in [0.25, 0.3) is 0 Å². The number of ether oxygens (including phenoxy) is 1. The first-order chi connectivity index (χ1) is 6.75. The van der Waals surface area contributed by atoms with Gasteiger partial charge >= 0.3 is 5.97 Å². The van der Waals surface area contributed by atoms with Gasteiger partial charge in [-0.15, -0.1) is 0 Å². The van der Waals surface area contributed by atoms with Gasteiger partial charge in [-0.05, 0) is 37.0 Å². The third-order valence-electron chi connectivity index (χ3n) is 4.27. The summed E-state index contributed by atoms with van der Waals surface area (Å²) < 4.78 is 5.38. The monoisotopic (exact) mass is 192 g/mol. The molecule has 5 atom stereocenters. The van der Waals surface area contributed by atoms with Crippen molar-refractivity contribution in [1.29, 1.82) is 0 Å². The van der Waals surface area contributed by atoms with Crippen molar-refractivity contribution < 1.29 is 9.53 Å². The van der Waals surface area contributed by atoms with E-state index in [9.17, 15) is 4.79 Å². The van der Waals surface area contributed by atoms with Gasteiger partial charge in [-0.1, -0.05) is 12.2 Å². The summed E-state index contributed by atoms with van der Waals surface area (Å²) in [6.07, 6.45) is 8.56. The van der Waals surface area contributed by atoms with Gasteiger partial charge < -0.3 is 4.74 Å². The summed E-state index contributed by atoms with van der Waals surface area (Å²) >= 11 is 0. The lowest BCUT2D eigenvalue weighted by atomic mass is 9.80. The van der Waals surface area contributed by atoms with Gasteiger partial charge in [0, 0.05) is 12.8 Å². The number of esters is 1. The maximum Gasteiger partial charge on any atom is 0.302 e. The summed E-state index contributed by atoms with van der Waals surface area (Å²) in [6, 6.07) is 0. The average molecular weight is 192 g/mol. The minimum atomic E-state index is -0.110. The molecule has 76 valence electrons. The summed E-state index contributed by atoms with van der Waals surface area (Å²) in [5.41, 5.74) is 0. The molecule has 0 heterocycles. The minimum Gasteiger partial charge on any atom is -0.462 e. The van der Waals surface area contributed by atoms with Crippen molar-refractivity contribution in [3.05, 3.63) is 12.2 Å². The van der Waals surface area contributed by atoms with Crippen LogP contribution in [0.1, 0.15) is 26.2 Å². The maximum absolute atomic E-state index is 10.9. The molecule has 0 radical (unpaired) electrons. The van der Waals surface area contributed by atoms with Crippen LogP contribution in [-0.2, 0) is 9.53 Å². The lowest BCUT2D eigenvalue weighted by Crippen LogP contribution is -2.31. The van der Waals surface area contributed by atoms with Crippen molar-refractivity contribution >= 4 is 5.97 Å². The van der Waals surface area contributed by atoms with Gasteiger partial charge in [-0.2, -0.15) is 0 Å². The Balaban J connectivity index is 1.76. The molecule has 0 aromatic rings. The molecule has 0 N–H and O–H groups in total. The second kappa shape index (κ2) is 2.85. The van der Waals surface area contributed by atoms with Crippen LogP contribution in [0, 0.1) is 23.7 Å². The van der Waals surface area contributed by atoms with Crippen molar-refractivity contribution in [2.24, 2.45) is 23.7 Å². The fourth-order valence-corrected chi connectivity index (χ4v) is 3.83. The van der Waals surface area contributed by atoms with Crippen LogP contribution in [-0.4, -0.2) is 12.1 Å². The minimum absolute atomic E-state index is 0.110. The average Bonchev–Trinajstić information content (AvgIpc) is 2.68. The van der Waals surface area contributed by atoms with Crippen LogP contribution in [0.4, 0.5) is 0 Å². The smallest absolute Gasteiger partial charge is 0.302 e. The van der Waals surface area contributed by atoms with Crippen LogP contribution in [0.5, 0.6) is 0 Å². The predicted molar refractivity (Wildman–Crippen MR) is 52.5 cm³/mol. The first kappa shape index (κ1) is 8.51. The van der Waals surface area contributed by atoms with E-state index < -0.39 is 0 Å². The van der Waals surface area contributed by atoms with Crippen LogP contribution in [0.3, 0.4) is 0 Å². The lowest BCUT2D eigenvalue weighted by molar-refractivity contribution is -0.149. The van der Waals surface area contributed by atoms with Crippen molar-refractivity contribution in [2.45, 2.75) is 32.3 Å². The standard InChI is InChI=1S/C12H16O2/c1-7(13)14-12-6-8-5-11(12)10-4-2-3-9(8)10/h2,4,8-12H,3,5-6H2,1H3/t8?,9-,10-,11?,12+/m0/s1. The topological polar surface area (TPSA) is 26.3 Å². The molecule has 0 amide bonds. The highest BCUT2D eigenvalue weighted by atomic mass is 16.5. The van der Waals surface area contributed by atoms with E-state index in [-0.39, 0.29) is 12.1 Å². The molecule has 0 spiro atoms. The molecule has 2 saturated carbocycles. The number of carbonyl (C=O) groups excluding carboxylic acids is 1. The van der Waals surface area contributed by atoms with E-state index in [0.29, 0.717) is 5.92 Å². The van der Waals surface area contributed by atoms with Gasteiger partial charge in [0.15, 0.2) is 0 Å². The third-order valence-corrected chi connectivity index (χ3v) is 4.27. The number of hydrogen-bond donors (Lipinski definition) is 0. The quantitative estimate of drug-likeness (QED) is 0.470. The van der Waals surface area contributed by atoms with E-state index in [1.807, 2.05) is 0 Å². The highest BCUT2D eigenvalue weighted by molar-refractivity contribution is 5.66. The summed E-state index contributed by atoms with van der Waals surface area (Å²) in [5.74, 6) is 2.95. The fourth-order valence-electron chi connectivity index (χ4n) is 3.83. The van der Waals surface area contributed by atoms with Gasteiger partial charge in [0.2, 0.25) is 0 Å². The molecule has 0 aromatic heterocycles. The van der Waals surface area contributed by atoms with Gasteiger partial charge in [0.25, 0.3) is 0 Å². The number of carbonyl (C=O) groups is 1. The van der Waals surface area contributed by atoms with Crippen molar-refractivity contribution in [1.82, 2.24) is 0 Å². The van der Waals surface area contributed by atoms with Crippen LogP contribution < -0.4 is 0 Å². The van der Waals surface area contributed by atoms with Crippen molar-refractivity contribution in [2.75, 3.05) is 0 Å². The summed E-state index contributed by atoms with van der Waals surface area (Å²) in [7, 11) is 0. The molecule has 3 aliphatic rings. The molecular weight excluding hydrogens is 176 g/mol. The van der Waals surface area contributed by atoms with Gasteiger partial charge in [-0.3, -0.25) is 4.79 Å². The molecule has 14 heavy (non-hydrogen) atoms. The zero-order valence-corrected chi connectivity index (χ0v) is 8.48. The molecule has 2 nitrogen and oxygen atoms in total. The van der Waals surface area contributed by atoms with E-state index in [2.05, 4.69) is 12.2 Å². The van der Waals surface area contributed by atoms with Gasteiger partial charge in [0.1, 0.15) is 6.10 Å². The Morgan fingerprint density at radius 3 is 3.00 bits per heavy atom. The number of hydrogen-bond acceptors (Lipinski definition) is 2. The van der Waals surface area contributed by atoms with Crippen LogP contribution in [0.15, 0.2) is 12.2 Å². The summed E-state index contributed by atoms with van der Waals surface area (Å²) in [4.78, 5) is 10.9. The lowest BCUT2D eigenvalue weighted by Gasteiger charge is -2.30. The Morgan fingerprint density at radius 2 is 2.21 bits per heavy atom. The molecule has 0 aliphatic heterocycles. The first-order valence-corrected chi connectivity index (χ1v) is 5.59. The zero-order valence-electron chi connectivity index (χ0n) is 8.48. The summed E-state index contributed by atoms with van der Waals surface area (Å²) in [5, 5.41) is 0. The molecule has 3 rings (SSSR count). The van der Waals surface area contributed by atoms with E-state index in [4.69, 9.17) is 4.74 Å². The second-order valence-corrected chi connectivity index (χ2v) is 4.95. The van der Waals surface area contributed by atoms with Gasteiger partial charge in [-0.25, -0.2) is 0 Å². The molecule has 3 aliphatic carbocycles. The van der Waals surface area contributed by atoms with E-state index in [1.165, 1.54) is 19.8 Å². The largest absolute Gasteiger partial charge is 0.462 e. The zero-order chi connectivity index (χ0) is 9.71. The molecule has 2 unspecified atom stereocenters. The third kappa shape index (κ3) is 1.06. The van der Waals surface area contributed by atoms with Gasteiger partial charge in [0.05, 0.1) is 0 Å². The normalized spacial score (nSPS) is 48.2. The Kier molecular flexibility index (Phi) is 1.73. The van der Waals surface area contributed by atoms with E-state index in [0.717, 1.165) is 24.2 Å². The van der Waals surface area contributed by atoms with E-state index >= 15 is 0 Å². The number of allylic oxidation sites excluding steroid dienone is 2. The van der Waals surface area contributed by atoms with E-state index in [1.54, 1.807) is 0 Å². The van der Waals surface area contributed by atoms with Crippen LogP contribution in [0.2, 0.25) is 0 Å². The van der Waals surface area contributed by atoms with Crippen molar-refractivity contribution in [3.8, 4) is 0 Å². The first-order valence-electron chi connectivity index (χ1n) is 5.59. The molecular formula is C12H16O2. The highest BCUT2D eigenvalue weighted by Crippen LogP contribution is 2.57. The molecule has 0 saturated heterocycles. The Hall–Kier alpha value is -0.790. The molecule has 2 heteroatoms. The van der Waals surface area contributed by atoms with Crippen LogP contribution >= 0.6 is 0 Å². The van der Waals surface area contributed by atoms with Crippen molar-refractivity contribution in [3.63, 3.8) is 0 Å². The Bertz CT molecular complexity index is 295. The Morgan fingerprint density at radius 1 is 1.36 bits per heavy atom. The molecule has 0 aromatic carbocycles. The number of fused-ring (bicyclic) bond motifs is 5. The fraction of sp³-hybridized carbons (Fsp3) is 0.750. The molecule has 2 fully saturated rings. The Labute approximate surface area is 84.3 Å².